The van der Waals surface area contributed by atoms with Crippen LogP contribution in [-0.2, 0) is 27.6 Å². The number of sulfone groups is 1. The van der Waals surface area contributed by atoms with Crippen molar-refractivity contribution in [3.05, 3.63) is 39.9 Å². The van der Waals surface area contributed by atoms with E-state index in [4.69, 9.17) is 4.98 Å². The molecule has 0 spiro atoms. The zero-order valence-corrected chi connectivity index (χ0v) is 24.9. The zero-order valence-electron chi connectivity index (χ0n) is 23.3. The molecule has 2 heterocycles. The molecule has 1 aromatic carbocycles. The van der Waals surface area contributed by atoms with E-state index >= 15 is 0 Å². The SMILES string of the molecule is CCS(=O)(=O)c1ccc(CC(=O)Nc2nc3c(s2)CN(CC2CCC(C#N)CC2)[C@H]3C(C)C)cc1C1CCC1. The number of fused-ring (bicyclic) bond motifs is 1. The third kappa shape index (κ3) is 6.08. The van der Waals surface area contributed by atoms with Gasteiger partial charge in [-0.3, -0.25) is 9.69 Å². The Kier molecular flexibility index (Phi) is 8.46. The number of carbonyl (C=O) groups is 1. The van der Waals surface area contributed by atoms with E-state index in [1.807, 2.05) is 6.07 Å². The van der Waals surface area contributed by atoms with Gasteiger partial charge in [0.05, 0.1) is 34.9 Å². The van der Waals surface area contributed by atoms with Crippen molar-refractivity contribution in [2.24, 2.45) is 17.8 Å². The van der Waals surface area contributed by atoms with Gasteiger partial charge in [-0.25, -0.2) is 13.4 Å². The van der Waals surface area contributed by atoms with Crippen LogP contribution < -0.4 is 5.32 Å². The van der Waals surface area contributed by atoms with Crippen LogP contribution in [0.2, 0.25) is 0 Å². The molecule has 2 saturated carbocycles. The predicted molar refractivity (Wildman–Crippen MR) is 154 cm³/mol. The number of anilines is 1. The molecule has 2 aliphatic carbocycles. The first-order valence-corrected chi connectivity index (χ1v) is 16.9. The van der Waals surface area contributed by atoms with Crippen molar-refractivity contribution in [1.29, 1.82) is 5.26 Å². The molecule has 1 amide bonds. The highest BCUT2D eigenvalue weighted by molar-refractivity contribution is 7.91. The van der Waals surface area contributed by atoms with Crippen LogP contribution in [-0.4, -0.2) is 36.5 Å². The van der Waals surface area contributed by atoms with Crippen molar-refractivity contribution in [1.82, 2.24) is 9.88 Å². The van der Waals surface area contributed by atoms with Gasteiger partial charge in [-0.15, -0.1) is 11.3 Å². The quantitative estimate of drug-likeness (QED) is 0.385. The lowest BCUT2D eigenvalue weighted by Gasteiger charge is -2.33. The lowest BCUT2D eigenvalue weighted by molar-refractivity contribution is -0.115. The van der Waals surface area contributed by atoms with Crippen molar-refractivity contribution in [3.63, 3.8) is 0 Å². The fourth-order valence-electron chi connectivity index (χ4n) is 6.47. The maximum atomic E-state index is 13.0. The van der Waals surface area contributed by atoms with Gasteiger partial charge >= 0.3 is 0 Å². The zero-order chi connectivity index (χ0) is 27.7. The molecule has 39 heavy (non-hydrogen) atoms. The van der Waals surface area contributed by atoms with Gasteiger partial charge in [0, 0.05) is 23.9 Å². The van der Waals surface area contributed by atoms with Gasteiger partial charge in [0.2, 0.25) is 5.91 Å². The van der Waals surface area contributed by atoms with Gasteiger partial charge in [-0.2, -0.15) is 5.26 Å². The van der Waals surface area contributed by atoms with Crippen molar-refractivity contribution in [2.45, 2.75) is 95.5 Å². The first-order valence-electron chi connectivity index (χ1n) is 14.5. The number of carbonyl (C=O) groups excluding carboxylic acids is 1. The highest BCUT2D eigenvalue weighted by Crippen LogP contribution is 2.44. The van der Waals surface area contributed by atoms with Crippen LogP contribution in [0.3, 0.4) is 0 Å². The molecule has 1 N–H and O–H groups in total. The van der Waals surface area contributed by atoms with E-state index in [9.17, 15) is 18.5 Å². The summed E-state index contributed by atoms with van der Waals surface area (Å²) in [7, 11) is -3.30. The largest absolute Gasteiger partial charge is 0.302 e. The molecule has 1 aliphatic heterocycles. The molecule has 7 nitrogen and oxygen atoms in total. The number of nitriles is 1. The fraction of sp³-hybridized carbons (Fsp3) is 0.633. The first-order chi connectivity index (χ1) is 18.7. The summed E-state index contributed by atoms with van der Waals surface area (Å²) in [4.78, 5) is 22.1. The number of aromatic nitrogens is 1. The minimum atomic E-state index is -3.30. The van der Waals surface area contributed by atoms with E-state index in [0.717, 1.165) is 74.9 Å². The second-order valence-electron chi connectivity index (χ2n) is 11.9. The van der Waals surface area contributed by atoms with E-state index in [0.29, 0.717) is 21.9 Å². The molecule has 0 unspecified atom stereocenters. The number of hydrogen-bond donors (Lipinski definition) is 1. The van der Waals surface area contributed by atoms with Crippen LogP contribution in [0.4, 0.5) is 5.13 Å². The van der Waals surface area contributed by atoms with E-state index in [1.54, 1.807) is 30.4 Å². The minimum absolute atomic E-state index is 0.0817. The lowest BCUT2D eigenvalue weighted by Crippen LogP contribution is -2.33. The van der Waals surface area contributed by atoms with E-state index in [-0.39, 0.29) is 36.0 Å². The maximum absolute atomic E-state index is 13.0. The second-order valence-corrected chi connectivity index (χ2v) is 15.3. The van der Waals surface area contributed by atoms with Gasteiger partial charge in [0.15, 0.2) is 15.0 Å². The number of thiazole rings is 1. The molecule has 2 aromatic rings. The molecule has 3 aliphatic rings. The summed E-state index contributed by atoms with van der Waals surface area (Å²) in [6.45, 7) is 8.05. The predicted octanol–water partition coefficient (Wildman–Crippen LogP) is 6.23. The van der Waals surface area contributed by atoms with Gasteiger partial charge in [-0.1, -0.05) is 39.3 Å². The molecular formula is C30H40N4O3S2. The van der Waals surface area contributed by atoms with Gasteiger partial charge in [0.1, 0.15) is 0 Å². The standard InChI is InChI=1S/C30H40N4O3S2/c1-4-39(36,37)26-13-12-22(14-24(26)23-6-5-7-23)15-27(35)32-30-33-28-25(38-30)18-34(29(28)19(2)3)17-21-10-8-20(16-31)9-11-21/h12-14,19-21,23,29H,4-11,15,17-18H2,1-3H3,(H,32,33,35)/t20?,21?,29-/m0/s1. The van der Waals surface area contributed by atoms with Crippen molar-refractivity contribution in [3.8, 4) is 6.07 Å². The van der Waals surface area contributed by atoms with Gasteiger partial charge in [-0.05, 0) is 73.5 Å². The Hall–Kier alpha value is -2.28. The van der Waals surface area contributed by atoms with Crippen LogP contribution >= 0.6 is 11.3 Å². The van der Waals surface area contributed by atoms with Crippen LogP contribution in [0.1, 0.15) is 99.4 Å². The Labute approximate surface area is 236 Å². The molecule has 5 rings (SSSR count). The number of hydrogen-bond acceptors (Lipinski definition) is 7. The number of nitrogens with one attached hydrogen (secondary N) is 1. The van der Waals surface area contributed by atoms with E-state index in [1.165, 1.54) is 4.88 Å². The van der Waals surface area contributed by atoms with Crippen LogP contribution in [0, 0.1) is 29.1 Å². The maximum Gasteiger partial charge on any atom is 0.230 e. The topological polar surface area (TPSA) is 103 Å². The fourth-order valence-corrected chi connectivity index (χ4v) is 8.69. The summed E-state index contributed by atoms with van der Waals surface area (Å²) in [5, 5.41) is 12.9. The summed E-state index contributed by atoms with van der Waals surface area (Å²) in [5.74, 6) is 1.49. The monoisotopic (exact) mass is 568 g/mol. The molecule has 0 saturated heterocycles. The van der Waals surface area contributed by atoms with Crippen molar-refractivity contribution < 1.29 is 13.2 Å². The average Bonchev–Trinajstić information content (AvgIpc) is 3.39. The smallest absolute Gasteiger partial charge is 0.230 e. The highest BCUT2D eigenvalue weighted by Gasteiger charge is 2.37. The molecule has 0 bridgehead atoms. The Morgan fingerprint density at radius 1 is 1.21 bits per heavy atom. The Morgan fingerprint density at radius 3 is 2.56 bits per heavy atom. The number of benzene rings is 1. The second kappa shape index (κ2) is 11.7. The molecule has 1 aromatic heterocycles. The molecule has 2 fully saturated rings. The van der Waals surface area contributed by atoms with Gasteiger partial charge < -0.3 is 5.32 Å². The Morgan fingerprint density at radius 2 is 1.95 bits per heavy atom. The number of rotatable bonds is 9. The molecule has 9 heteroatoms. The molecular weight excluding hydrogens is 528 g/mol. The van der Waals surface area contributed by atoms with Gasteiger partial charge in [0.25, 0.3) is 0 Å². The number of nitrogens with zero attached hydrogens (tertiary/aromatic N) is 3. The van der Waals surface area contributed by atoms with Crippen molar-refractivity contribution >= 4 is 32.2 Å². The Bertz CT molecular complexity index is 1350. The summed E-state index contributed by atoms with van der Waals surface area (Å²) >= 11 is 1.57. The number of amides is 1. The first kappa shape index (κ1) is 28.3. The van der Waals surface area contributed by atoms with Crippen molar-refractivity contribution in [2.75, 3.05) is 17.6 Å². The third-order valence-electron chi connectivity index (χ3n) is 8.85. The minimum Gasteiger partial charge on any atom is -0.302 e. The molecule has 210 valence electrons. The Balaban J connectivity index is 1.24. The molecule has 1 atom stereocenters. The van der Waals surface area contributed by atoms with Crippen LogP contribution in [0.15, 0.2) is 23.1 Å². The van der Waals surface area contributed by atoms with Crippen LogP contribution in [0.5, 0.6) is 0 Å². The molecule has 0 radical (unpaired) electrons. The summed E-state index contributed by atoms with van der Waals surface area (Å²) in [6.07, 6.45) is 7.58. The summed E-state index contributed by atoms with van der Waals surface area (Å²) in [5.41, 5.74) is 2.81. The van der Waals surface area contributed by atoms with Crippen LogP contribution in [0.25, 0.3) is 0 Å². The lowest BCUT2D eigenvalue weighted by atomic mass is 9.79. The summed E-state index contributed by atoms with van der Waals surface area (Å²) in [6, 6.07) is 8.09. The normalized spacial score (nSPS) is 23.8. The van der Waals surface area contributed by atoms with E-state index < -0.39 is 9.84 Å². The average molecular weight is 569 g/mol. The van der Waals surface area contributed by atoms with E-state index in [2.05, 4.69) is 30.1 Å². The summed E-state index contributed by atoms with van der Waals surface area (Å²) < 4.78 is 25.3. The third-order valence-corrected chi connectivity index (χ3v) is 11.6. The highest BCUT2D eigenvalue weighted by atomic mass is 32.2.